The van der Waals surface area contributed by atoms with Crippen LogP contribution in [0.3, 0.4) is 0 Å². The molecule has 220 valence electrons. The van der Waals surface area contributed by atoms with Crippen molar-refractivity contribution >= 4 is 23.5 Å². The second-order valence-corrected chi connectivity index (χ2v) is 14.0. The monoisotopic (exact) mass is 584 g/mol. The lowest BCUT2D eigenvalue weighted by molar-refractivity contribution is -0.245. The zero-order chi connectivity index (χ0) is 28.5. The fraction of sp³-hybridized carbons (Fsp3) is 0.457. The van der Waals surface area contributed by atoms with Crippen molar-refractivity contribution in [1.82, 2.24) is 5.32 Å². The maximum atomic E-state index is 13.2. The van der Waals surface area contributed by atoms with Crippen LogP contribution in [0.15, 0.2) is 83.8 Å². The van der Waals surface area contributed by atoms with Crippen molar-refractivity contribution < 1.29 is 19.4 Å². The van der Waals surface area contributed by atoms with E-state index in [0.29, 0.717) is 0 Å². The van der Waals surface area contributed by atoms with Crippen LogP contribution in [0, 0.1) is 17.8 Å². The first-order valence-corrected chi connectivity index (χ1v) is 16.4. The third-order valence-electron chi connectivity index (χ3n) is 9.63. The zero-order valence-electron chi connectivity index (χ0n) is 23.9. The number of hydrogen-bond donors (Lipinski definition) is 3. The summed E-state index contributed by atoms with van der Waals surface area (Å²) in [5.74, 6) is 3.14. The fourth-order valence-corrected chi connectivity index (χ4v) is 9.10. The van der Waals surface area contributed by atoms with E-state index in [0.717, 1.165) is 71.6 Å². The highest BCUT2D eigenvalue weighted by Gasteiger charge is 2.51. The molecule has 42 heavy (non-hydrogen) atoms. The number of ether oxygens (including phenoxy) is 2. The van der Waals surface area contributed by atoms with E-state index < -0.39 is 6.29 Å². The molecular formula is C35H40N2O4S. The SMILES string of the molecule is O=C(Nc1cccc([C@H]2O[C@@H](CSc3ccccc3)C[C@@H](c3ccc(CO)cc3)O2)c1)NC12CC3CC(CC(C3)C1)C2. The lowest BCUT2D eigenvalue weighted by Crippen LogP contribution is -2.60. The standard InChI is InChI=1S/C35H40N2O4S/c38-21-23-9-11-27(12-10-23)32-17-30(22-42-31-7-2-1-3-8-31)40-33(41-32)28-5-4-6-29(16-28)36-34(39)37-35-18-24-13-25(19-35)15-26(14-24)20-35/h1-12,16,24-26,30,32-33,38H,13-15,17-22H2,(H2,36,37,39)/t24?,25?,26?,30-,32+,33+,35?/m1/s1. The Morgan fingerprint density at radius 1 is 0.833 bits per heavy atom. The number of carbonyl (C=O) groups excluding carboxylic acids is 1. The third-order valence-corrected chi connectivity index (χ3v) is 10.8. The average Bonchev–Trinajstić information content (AvgIpc) is 2.99. The lowest BCUT2D eigenvalue weighted by atomic mass is 9.53. The van der Waals surface area contributed by atoms with Crippen LogP contribution in [0.1, 0.15) is 74.0 Å². The van der Waals surface area contributed by atoms with Gasteiger partial charge in [-0.15, -0.1) is 11.8 Å². The number of aliphatic hydroxyl groups excluding tert-OH is 1. The van der Waals surface area contributed by atoms with Crippen LogP contribution in [0.5, 0.6) is 0 Å². The first-order valence-electron chi connectivity index (χ1n) is 15.4. The highest BCUT2D eigenvalue weighted by molar-refractivity contribution is 7.99. The predicted octanol–water partition coefficient (Wildman–Crippen LogP) is 7.61. The molecule has 5 fully saturated rings. The van der Waals surface area contributed by atoms with Gasteiger partial charge in [-0.05, 0) is 91.7 Å². The Kier molecular flexibility index (Phi) is 8.01. The molecule has 8 rings (SSSR count). The Balaban J connectivity index is 1.05. The van der Waals surface area contributed by atoms with Crippen molar-refractivity contribution in [2.24, 2.45) is 17.8 Å². The number of nitrogens with one attached hydrogen (secondary N) is 2. The van der Waals surface area contributed by atoms with Crippen molar-refractivity contribution in [1.29, 1.82) is 0 Å². The van der Waals surface area contributed by atoms with E-state index in [1.54, 1.807) is 11.8 Å². The summed E-state index contributed by atoms with van der Waals surface area (Å²) in [6.07, 6.45) is 7.44. The molecule has 4 bridgehead atoms. The molecule has 5 aliphatic rings. The van der Waals surface area contributed by atoms with Gasteiger partial charge in [0, 0.05) is 33.9 Å². The summed E-state index contributed by atoms with van der Waals surface area (Å²) >= 11 is 1.79. The number of anilines is 1. The van der Waals surface area contributed by atoms with E-state index in [1.165, 1.54) is 24.2 Å². The smallest absolute Gasteiger partial charge is 0.319 e. The van der Waals surface area contributed by atoms with Gasteiger partial charge in [0.2, 0.25) is 0 Å². The molecule has 1 heterocycles. The molecule has 3 atom stereocenters. The fourth-order valence-electron chi connectivity index (χ4n) is 8.16. The van der Waals surface area contributed by atoms with Gasteiger partial charge in [-0.2, -0.15) is 0 Å². The van der Waals surface area contributed by atoms with Crippen LogP contribution in [-0.2, 0) is 16.1 Å². The van der Waals surface area contributed by atoms with Gasteiger partial charge in [0.15, 0.2) is 6.29 Å². The molecule has 6 nitrogen and oxygen atoms in total. The minimum atomic E-state index is -0.560. The topological polar surface area (TPSA) is 79.8 Å². The van der Waals surface area contributed by atoms with Gasteiger partial charge in [0.05, 0.1) is 18.8 Å². The zero-order valence-corrected chi connectivity index (χ0v) is 24.7. The van der Waals surface area contributed by atoms with Gasteiger partial charge in [0.1, 0.15) is 0 Å². The number of rotatable bonds is 8. The van der Waals surface area contributed by atoms with Crippen molar-refractivity contribution in [3.63, 3.8) is 0 Å². The number of amides is 2. The molecule has 0 aromatic heterocycles. The third kappa shape index (κ3) is 6.25. The van der Waals surface area contributed by atoms with Crippen molar-refractivity contribution in [2.45, 2.75) is 80.5 Å². The van der Waals surface area contributed by atoms with Gasteiger partial charge in [-0.3, -0.25) is 0 Å². The molecule has 0 spiro atoms. The number of carbonyl (C=O) groups is 1. The Labute approximate surface area is 252 Å². The maximum absolute atomic E-state index is 13.2. The molecular weight excluding hydrogens is 544 g/mol. The van der Waals surface area contributed by atoms with Gasteiger partial charge < -0.3 is 25.2 Å². The van der Waals surface area contributed by atoms with Crippen LogP contribution >= 0.6 is 11.8 Å². The number of aliphatic hydroxyl groups is 1. The number of thioether (sulfide) groups is 1. The molecule has 4 aliphatic carbocycles. The highest BCUT2D eigenvalue weighted by Crippen LogP contribution is 2.55. The summed E-state index contributed by atoms with van der Waals surface area (Å²) in [7, 11) is 0. The van der Waals surface area contributed by atoms with E-state index in [1.807, 2.05) is 54.6 Å². The highest BCUT2D eigenvalue weighted by atomic mass is 32.2. The Bertz CT molecular complexity index is 1350. The molecule has 1 saturated heterocycles. The molecule has 1 aliphatic heterocycles. The summed E-state index contributed by atoms with van der Waals surface area (Å²) in [5, 5.41) is 16.0. The minimum Gasteiger partial charge on any atom is -0.392 e. The Morgan fingerprint density at radius 2 is 1.55 bits per heavy atom. The van der Waals surface area contributed by atoms with Crippen molar-refractivity contribution in [3.8, 4) is 0 Å². The number of hydrogen-bond acceptors (Lipinski definition) is 5. The first-order chi connectivity index (χ1) is 20.5. The lowest BCUT2D eigenvalue weighted by Gasteiger charge is -2.56. The Morgan fingerprint density at radius 3 is 2.24 bits per heavy atom. The van der Waals surface area contributed by atoms with Gasteiger partial charge in [-0.1, -0.05) is 54.6 Å². The van der Waals surface area contributed by atoms with Crippen LogP contribution < -0.4 is 10.6 Å². The average molecular weight is 585 g/mol. The van der Waals surface area contributed by atoms with Gasteiger partial charge >= 0.3 is 6.03 Å². The van der Waals surface area contributed by atoms with E-state index in [4.69, 9.17) is 9.47 Å². The Hall–Kier alpha value is -2.84. The quantitative estimate of drug-likeness (QED) is 0.238. The summed E-state index contributed by atoms with van der Waals surface area (Å²) in [6.45, 7) is 0.0180. The number of urea groups is 1. The van der Waals surface area contributed by atoms with Crippen LogP contribution in [0.25, 0.3) is 0 Å². The molecule has 3 N–H and O–H groups in total. The molecule has 0 radical (unpaired) electrons. The van der Waals surface area contributed by atoms with Crippen LogP contribution in [0.2, 0.25) is 0 Å². The van der Waals surface area contributed by atoms with Crippen LogP contribution in [-0.4, -0.2) is 28.5 Å². The number of benzene rings is 3. The van der Waals surface area contributed by atoms with E-state index in [-0.39, 0.29) is 30.4 Å². The van der Waals surface area contributed by atoms with E-state index in [9.17, 15) is 9.90 Å². The summed E-state index contributed by atoms with van der Waals surface area (Å²) in [6, 6.07) is 26.1. The molecule has 4 saturated carbocycles. The second-order valence-electron chi connectivity index (χ2n) is 12.9. The largest absolute Gasteiger partial charge is 0.392 e. The van der Waals surface area contributed by atoms with E-state index >= 15 is 0 Å². The van der Waals surface area contributed by atoms with Crippen molar-refractivity contribution in [3.05, 3.63) is 95.6 Å². The normalized spacial score (nSPS) is 31.5. The molecule has 2 amide bonds. The van der Waals surface area contributed by atoms with Crippen molar-refractivity contribution in [2.75, 3.05) is 11.1 Å². The molecule has 3 aromatic carbocycles. The molecule has 0 unspecified atom stereocenters. The van der Waals surface area contributed by atoms with Gasteiger partial charge in [0.25, 0.3) is 0 Å². The molecule has 7 heteroatoms. The summed E-state index contributed by atoms with van der Waals surface area (Å²) < 4.78 is 13.1. The van der Waals surface area contributed by atoms with Crippen LogP contribution in [0.4, 0.5) is 10.5 Å². The van der Waals surface area contributed by atoms with E-state index in [2.05, 4.69) is 34.9 Å². The second kappa shape index (κ2) is 12.0. The summed E-state index contributed by atoms with van der Waals surface area (Å²) in [5.41, 5.74) is 3.54. The first kappa shape index (κ1) is 28.0. The maximum Gasteiger partial charge on any atom is 0.319 e. The minimum absolute atomic E-state index is 0.0180. The summed E-state index contributed by atoms with van der Waals surface area (Å²) in [4.78, 5) is 14.5. The predicted molar refractivity (Wildman–Crippen MR) is 165 cm³/mol. The van der Waals surface area contributed by atoms with Gasteiger partial charge in [-0.25, -0.2) is 4.79 Å². The molecule has 3 aromatic rings.